The molecule has 5 nitrogen and oxygen atoms in total. The van der Waals surface area contributed by atoms with Gasteiger partial charge in [0.15, 0.2) is 0 Å². The first-order valence-electron chi connectivity index (χ1n) is 5.44. The molecule has 0 spiro atoms. The number of amides is 1. The molecule has 1 amide bonds. The van der Waals surface area contributed by atoms with Crippen LogP contribution in [-0.2, 0) is 14.3 Å². The summed E-state index contributed by atoms with van der Waals surface area (Å²) in [7, 11) is 0. The van der Waals surface area contributed by atoms with Gasteiger partial charge in [-0.05, 0) is 12.8 Å². The van der Waals surface area contributed by atoms with E-state index in [1.54, 1.807) is 0 Å². The van der Waals surface area contributed by atoms with Crippen LogP contribution in [0.25, 0.3) is 0 Å². The van der Waals surface area contributed by atoms with Crippen molar-refractivity contribution in [3.63, 3.8) is 0 Å². The van der Waals surface area contributed by atoms with Crippen molar-refractivity contribution in [3.05, 3.63) is 12.2 Å². The lowest BCUT2D eigenvalue weighted by Crippen LogP contribution is -2.51. The molecular weight excluding hydrogens is 210 g/mol. The predicted octanol–water partition coefficient (Wildman–Crippen LogP) is 0.168. The third-order valence-electron chi connectivity index (χ3n) is 3.07. The quantitative estimate of drug-likeness (QED) is 0.671. The van der Waals surface area contributed by atoms with E-state index in [4.69, 9.17) is 9.84 Å². The Bertz CT molecular complexity index is 322. The predicted molar refractivity (Wildman–Crippen MR) is 55.7 cm³/mol. The highest BCUT2D eigenvalue weighted by Gasteiger charge is 2.35. The molecular formula is C11H15NO4. The zero-order chi connectivity index (χ0) is 11.5. The molecule has 2 unspecified atom stereocenters. The Balaban J connectivity index is 1.96. The number of hydrogen-bond donors (Lipinski definition) is 2. The van der Waals surface area contributed by atoms with Crippen LogP contribution in [0.5, 0.6) is 0 Å². The van der Waals surface area contributed by atoms with Gasteiger partial charge in [0.25, 0.3) is 0 Å². The first kappa shape index (κ1) is 11.1. The first-order chi connectivity index (χ1) is 7.68. The van der Waals surface area contributed by atoms with Gasteiger partial charge in [-0.3, -0.25) is 9.59 Å². The number of carboxylic acids is 1. The SMILES string of the molecule is O=C(O)C1CC=CCC1C(=O)NC1COC1. The van der Waals surface area contributed by atoms with E-state index in [1.165, 1.54) is 0 Å². The number of carbonyl (C=O) groups excluding carboxylic acids is 1. The third-order valence-corrected chi connectivity index (χ3v) is 3.07. The molecule has 1 aliphatic carbocycles. The summed E-state index contributed by atoms with van der Waals surface area (Å²) in [4.78, 5) is 22.9. The van der Waals surface area contributed by atoms with E-state index < -0.39 is 17.8 Å². The second-order valence-electron chi connectivity index (χ2n) is 4.24. The summed E-state index contributed by atoms with van der Waals surface area (Å²) in [5.41, 5.74) is 0. The van der Waals surface area contributed by atoms with Crippen LogP contribution in [0.1, 0.15) is 12.8 Å². The third kappa shape index (κ3) is 2.24. The maximum Gasteiger partial charge on any atom is 0.307 e. The molecule has 0 aromatic carbocycles. The topological polar surface area (TPSA) is 75.6 Å². The normalized spacial score (nSPS) is 29.5. The summed E-state index contributed by atoms with van der Waals surface area (Å²) in [6.07, 6.45) is 4.65. The smallest absolute Gasteiger partial charge is 0.307 e. The lowest BCUT2D eigenvalue weighted by molar-refractivity contribution is -0.148. The van der Waals surface area contributed by atoms with E-state index >= 15 is 0 Å². The Morgan fingerprint density at radius 1 is 1.19 bits per heavy atom. The van der Waals surface area contributed by atoms with Gasteiger partial charge in [0, 0.05) is 0 Å². The van der Waals surface area contributed by atoms with Gasteiger partial charge in [-0.15, -0.1) is 0 Å². The molecule has 2 rings (SSSR count). The van der Waals surface area contributed by atoms with Crippen LogP contribution in [0.3, 0.4) is 0 Å². The number of ether oxygens (including phenoxy) is 1. The lowest BCUT2D eigenvalue weighted by atomic mass is 9.82. The highest BCUT2D eigenvalue weighted by Crippen LogP contribution is 2.26. The molecule has 1 heterocycles. The lowest BCUT2D eigenvalue weighted by Gasteiger charge is -2.31. The monoisotopic (exact) mass is 225 g/mol. The molecule has 0 bridgehead atoms. The summed E-state index contributed by atoms with van der Waals surface area (Å²) in [5, 5.41) is 11.8. The zero-order valence-corrected chi connectivity index (χ0v) is 8.89. The number of carboxylic acid groups (broad SMARTS) is 1. The van der Waals surface area contributed by atoms with Crippen LogP contribution in [0.4, 0.5) is 0 Å². The van der Waals surface area contributed by atoms with Crippen molar-refractivity contribution in [2.45, 2.75) is 18.9 Å². The Labute approximate surface area is 93.5 Å². The van der Waals surface area contributed by atoms with E-state index in [0.29, 0.717) is 26.1 Å². The number of rotatable bonds is 3. The number of carbonyl (C=O) groups is 2. The molecule has 0 saturated carbocycles. The summed E-state index contributed by atoms with van der Waals surface area (Å²) >= 11 is 0. The molecule has 1 aliphatic heterocycles. The fourth-order valence-corrected chi connectivity index (χ4v) is 2.00. The van der Waals surface area contributed by atoms with Gasteiger partial charge in [0.2, 0.25) is 5.91 Å². The summed E-state index contributed by atoms with van der Waals surface area (Å²) in [6, 6.07) is 0.0628. The standard InChI is InChI=1S/C11H15NO4/c13-10(12-7-5-16-6-7)8-3-1-2-4-9(8)11(14)15/h1-2,7-9H,3-6H2,(H,12,13)(H,14,15). The van der Waals surface area contributed by atoms with E-state index in [2.05, 4.69) is 5.32 Å². The van der Waals surface area contributed by atoms with Crippen molar-refractivity contribution >= 4 is 11.9 Å². The van der Waals surface area contributed by atoms with Crippen molar-refractivity contribution in [3.8, 4) is 0 Å². The van der Waals surface area contributed by atoms with Gasteiger partial charge in [-0.1, -0.05) is 12.2 Å². The summed E-state index contributed by atoms with van der Waals surface area (Å²) < 4.78 is 4.95. The molecule has 0 aromatic rings. The Hall–Kier alpha value is -1.36. The van der Waals surface area contributed by atoms with Crippen LogP contribution < -0.4 is 5.32 Å². The fraction of sp³-hybridized carbons (Fsp3) is 0.636. The van der Waals surface area contributed by atoms with Gasteiger partial charge < -0.3 is 15.2 Å². The molecule has 1 saturated heterocycles. The largest absolute Gasteiger partial charge is 0.481 e. The van der Waals surface area contributed by atoms with E-state index in [1.807, 2.05) is 12.2 Å². The Kier molecular flexibility index (Phi) is 3.24. The molecule has 0 radical (unpaired) electrons. The molecule has 1 fully saturated rings. The van der Waals surface area contributed by atoms with Crippen LogP contribution in [0.2, 0.25) is 0 Å². The number of allylic oxidation sites excluding steroid dienone is 2. The molecule has 16 heavy (non-hydrogen) atoms. The average molecular weight is 225 g/mol. The average Bonchev–Trinajstić information content (AvgIpc) is 2.23. The number of nitrogens with one attached hydrogen (secondary N) is 1. The van der Waals surface area contributed by atoms with Crippen molar-refractivity contribution < 1.29 is 19.4 Å². The van der Waals surface area contributed by atoms with Crippen LogP contribution >= 0.6 is 0 Å². The molecule has 2 N–H and O–H groups in total. The van der Waals surface area contributed by atoms with Gasteiger partial charge in [-0.25, -0.2) is 0 Å². The molecule has 88 valence electrons. The van der Waals surface area contributed by atoms with Crippen molar-refractivity contribution in [2.75, 3.05) is 13.2 Å². The van der Waals surface area contributed by atoms with Crippen molar-refractivity contribution in [1.29, 1.82) is 0 Å². The van der Waals surface area contributed by atoms with E-state index in [9.17, 15) is 9.59 Å². The highest BCUT2D eigenvalue weighted by atomic mass is 16.5. The number of hydrogen-bond acceptors (Lipinski definition) is 3. The minimum atomic E-state index is -0.894. The zero-order valence-electron chi connectivity index (χ0n) is 8.89. The van der Waals surface area contributed by atoms with Crippen molar-refractivity contribution in [1.82, 2.24) is 5.32 Å². The van der Waals surface area contributed by atoms with Gasteiger partial charge in [-0.2, -0.15) is 0 Å². The molecule has 5 heteroatoms. The van der Waals surface area contributed by atoms with Crippen LogP contribution in [-0.4, -0.2) is 36.2 Å². The summed E-state index contributed by atoms with van der Waals surface area (Å²) in [5.74, 6) is -2.09. The van der Waals surface area contributed by atoms with Crippen LogP contribution in [0, 0.1) is 11.8 Å². The van der Waals surface area contributed by atoms with Crippen LogP contribution in [0.15, 0.2) is 12.2 Å². The maximum absolute atomic E-state index is 11.9. The fourth-order valence-electron chi connectivity index (χ4n) is 2.00. The highest BCUT2D eigenvalue weighted by molar-refractivity contribution is 5.85. The van der Waals surface area contributed by atoms with Gasteiger partial charge in [0.05, 0.1) is 31.1 Å². The van der Waals surface area contributed by atoms with Gasteiger partial charge >= 0.3 is 5.97 Å². The van der Waals surface area contributed by atoms with E-state index in [0.717, 1.165) is 0 Å². The van der Waals surface area contributed by atoms with E-state index in [-0.39, 0.29) is 11.9 Å². The Morgan fingerprint density at radius 2 is 1.81 bits per heavy atom. The minimum absolute atomic E-state index is 0.0628. The molecule has 2 aliphatic rings. The Morgan fingerprint density at radius 3 is 2.31 bits per heavy atom. The van der Waals surface area contributed by atoms with Crippen molar-refractivity contribution in [2.24, 2.45) is 11.8 Å². The maximum atomic E-state index is 11.9. The first-order valence-corrected chi connectivity index (χ1v) is 5.44. The second-order valence-corrected chi connectivity index (χ2v) is 4.24. The second kappa shape index (κ2) is 4.65. The number of aliphatic carboxylic acids is 1. The summed E-state index contributed by atoms with van der Waals surface area (Å²) in [6.45, 7) is 1.07. The molecule has 2 atom stereocenters. The molecule has 0 aromatic heterocycles. The van der Waals surface area contributed by atoms with Gasteiger partial charge in [0.1, 0.15) is 0 Å². The minimum Gasteiger partial charge on any atom is -0.481 e.